The molecule has 0 aliphatic carbocycles. The van der Waals surface area contributed by atoms with Crippen molar-refractivity contribution < 1.29 is 4.79 Å². The maximum absolute atomic E-state index is 12.1. The molecule has 0 bridgehead atoms. The van der Waals surface area contributed by atoms with Crippen LogP contribution >= 0.6 is 0 Å². The Morgan fingerprint density at radius 1 is 1.55 bits per heavy atom. The highest BCUT2D eigenvalue weighted by molar-refractivity contribution is 5.77. The molecule has 1 aliphatic heterocycles. The van der Waals surface area contributed by atoms with Crippen LogP contribution in [0.2, 0.25) is 0 Å². The molecular weight excluding hydrogens is 252 g/mol. The number of hydrogen-bond donors (Lipinski definition) is 1. The SMILES string of the molecule is CN(C)Cc1cc([C@@H]2CCCN2C(=O)CCN)ccn1. The molecule has 0 aromatic carbocycles. The fourth-order valence-corrected chi connectivity index (χ4v) is 2.79. The maximum Gasteiger partial charge on any atom is 0.224 e. The smallest absolute Gasteiger partial charge is 0.224 e. The summed E-state index contributed by atoms with van der Waals surface area (Å²) in [7, 11) is 4.06. The monoisotopic (exact) mass is 276 g/mol. The molecule has 1 atom stereocenters. The van der Waals surface area contributed by atoms with Crippen molar-refractivity contribution in [2.24, 2.45) is 5.73 Å². The van der Waals surface area contributed by atoms with Gasteiger partial charge in [-0.05, 0) is 44.6 Å². The molecule has 0 spiro atoms. The number of pyridine rings is 1. The normalized spacial score (nSPS) is 18.8. The van der Waals surface area contributed by atoms with Crippen molar-refractivity contribution >= 4 is 5.91 Å². The summed E-state index contributed by atoms with van der Waals surface area (Å²) in [4.78, 5) is 20.6. The summed E-state index contributed by atoms with van der Waals surface area (Å²) in [6.45, 7) is 2.08. The molecule has 2 heterocycles. The molecule has 0 radical (unpaired) electrons. The molecule has 110 valence electrons. The van der Waals surface area contributed by atoms with Crippen molar-refractivity contribution in [3.63, 3.8) is 0 Å². The summed E-state index contributed by atoms with van der Waals surface area (Å²) in [6, 6.07) is 4.34. The third-order valence-corrected chi connectivity index (χ3v) is 3.63. The largest absolute Gasteiger partial charge is 0.336 e. The zero-order chi connectivity index (χ0) is 14.5. The van der Waals surface area contributed by atoms with Gasteiger partial charge in [-0.1, -0.05) is 0 Å². The number of aromatic nitrogens is 1. The van der Waals surface area contributed by atoms with Crippen LogP contribution in [0.15, 0.2) is 18.3 Å². The van der Waals surface area contributed by atoms with Crippen molar-refractivity contribution in [2.45, 2.75) is 31.8 Å². The molecule has 1 aliphatic rings. The Kier molecular flexibility index (Phi) is 5.09. The lowest BCUT2D eigenvalue weighted by Crippen LogP contribution is -2.32. The molecule has 1 saturated heterocycles. The predicted octanol–water partition coefficient (Wildman–Crippen LogP) is 1.16. The van der Waals surface area contributed by atoms with Gasteiger partial charge in [0.1, 0.15) is 0 Å². The lowest BCUT2D eigenvalue weighted by atomic mass is 10.0. The average Bonchev–Trinajstić information content (AvgIpc) is 2.87. The second-order valence-corrected chi connectivity index (χ2v) is 5.60. The molecule has 20 heavy (non-hydrogen) atoms. The van der Waals surface area contributed by atoms with Crippen molar-refractivity contribution in [2.75, 3.05) is 27.2 Å². The van der Waals surface area contributed by atoms with Crippen LogP contribution in [-0.2, 0) is 11.3 Å². The zero-order valence-electron chi connectivity index (χ0n) is 12.4. The zero-order valence-corrected chi connectivity index (χ0v) is 12.4. The van der Waals surface area contributed by atoms with Crippen LogP contribution in [0.1, 0.15) is 36.6 Å². The fraction of sp³-hybridized carbons (Fsp3) is 0.600. The molecule has 5 heteroatoms. The highest BCUT2D eigenvalue weighted by Gasteiger charge is 2.29. The van der Waals surface area contributed by atoms with Gasteiger partial charge in [0.05, 0.1) is 11.7 Å². The third kappa shape index (κ3) is 3.55. The van der Waals surface area contributed by atoms with Crippen LogP contribution < -0.4 is 5.73 Å². The number of nitrogens with two attached hydrogens (primary N) is 1. The first-order valence-corrected chi connectivity index (χ1v) is 7.21. The van der Waals surface area contributed by atoms with E-state index < -0.39 is 0 Å². The van der Waals surface area contributed by atoms with Crippen molar-refractivity contribution in [3.05, 3.63) is 29.6 Å². The van der Waals surface area contributed by atoms with E-state index in [0.29, 0.717) is 13.0 Å². The second kappa shape index (κ2) is 6.81. The van der Waals surface area contributed by atoms with E-state index in [2.05, 4.69) is 16.0 Å². The van der Waals surface area contributed by atoms with Gasteiger partial charge in [0.25, 0.3) is 0 Å². The molecule has 1 aromatic rings. The molecule has 0 saturated carbocycles. The van der Waals surface area contributed by atoms with Gasteiger partial charge in [-0.15, -0.1) is 0 Å². The van der Waals surface area contributed by atoms with Crippen LogP contribution in [0.3, 0.4) is 0 Å². The summed E-state index contributed by atoms with van der Waals surface area (Å²) >= 11 is 0. The van der Waals surface area contributed by atoms with E-state index in [1.807, 2.05) is 31.3 Å². The van der Waals surface area contributed by atoms with Crippen LogP contribution in [0, 0.1) is 0 Å². The minimum Gasteiger partial charge on any atom is -0.336 e. The predicted molar refractivity (Wildman–Crippen MR) is 79.0 cm³/mol. The summed E-state index contributed by atoms with van der Waals surface area (Å²) < 4.78 is 0. The van der Waals surface area contributed by atoms with E-state index in [1.165, 1.54) is 5.56 Å². The fourth-order valence-electron chi connectivity index (χ4n) is 2.79. The number of carbonyl (C=O) groups is 1. The van der Waals surface area contributed by atoms with Crippen molar-refractivity contribution in [3.8, 4) is 0 Å². The Hall–Kier alpha value is -1.46. The Bertz CT molecular complexity index is 461. The van der Waals surface area contributed by atoms with E-state index in [9.17, 15) is 4.79 Å². The number of amides is 1. The second-order valence-electron chi connectivity index (χ2n) is 5.60. The Morgan fingerprint density at radius 2 is 2.35 bits per heavy atom. The van der Waals surface area contributed by atoms with E-state index >= 15 is 0 Å². The van der Waals surface area contributed by atoms with Gasteiger partial charge in [-0.3, -0.25) is 9.78 Å². The topological polar surface area (TPSA) is 62.5 Å². The summed E-state index contributed by atoms with van der Waals surface area (Å²) in [5, 5.41) is 0. The lowest BCUT2D eigenvalue weighted by Gasteiger charge is -2.25. The van der Waals surface area contributed by atoms with Crippen molar-refractivity contribution in [1.82, 2.24) is 14.8 Å². The Labute approximate surface area is 120 Å². The molecule has 0 unspecified atom stereocenters. The quantitative estimate of drug-likeness (QED) is 0.876. The minimum absolute atomic E-state index is 0.168. The highest BCUT2D eigenvalue weighted by atomic mass is 16.2. The lowest BCUT2D eigenvalue weighted by molar-refractivity contribution is -0.131. The minimum atomic E-state index is 0.168. The number of likely N-dealkylation sites (tertiary alicyclic amines) is 1. The van der Waals surface area contributed by atoms with Crippen LogP contribution in [-0.4, -0.2) is 47.9 Å². The van der Waals surface area contributed by atoms with Crippen LogP contribution in [0.5, 0.6) is 0 Å². The van der Waals surface area contributed by atoms with Crippen molar-refractivity contribution in [1.29, 1.82) is 0 Å². The van der Waals surface area contributed by atoms with Gasteiger partial charge in [-0.25, -0.2) is 0 Å². The van der Waals surface area contributed by atoms with E-state index in [-0.39, 0.29) is 11.9 Å². The standard InChI is InChI=1S/C15H24N4O/c1-18(2)11-13-10-12(6-8-17-13)14-4-3-9-19(14)15(20)5-7-16/h6,8,10,14H,3-5,7,9,11,16H2,1-2H3/t14-/m0/s1. The van der Waals surface area contributed by atoms with Gasteiger partial charge in [0, 0.05) is 32.3 Å². The van der Waals surface area contributed by atoms with Crippen LogP contribution in [0.25, 0.3) is 0 Å². The molecule has 2 rings (SSSR count). The summed E-state index contributed by atoms with van der Waals surface area (Å²) in [5.74, 6) is 0.168. The summed E-state index contributed by atoms with van der Waals surface area (Å²) in [6.07, 6.45) is 4.37. The maximum atomic E-state index is 12.1. The molecule has 2 N–H and O–H groups in total. The van der Waals surface area contributed by atoms with E-state index in [4.69, 9.17) is 5.73 Å². The highest BCUT2D eigenvalue weighted by Crippen LogP contribution is 2.32. The Balaban J connectivity index is 2.15. The number of hydrogen-bond acceptors (Lipinski definition) is 4. The van der Waals surface area contributed by atoms with E-state index in [1.54, 1.807) is 0 Å². The molecule has 1 aromatic heterocycles. The van der Waals surface area contributed by atoms with Gasteiger partial charge >= 0.3 is 0 Å². The number of rotatable bonds is 5. The third-order valence-electron chi connectivity index (χ3n) is 3.63. The van der Waals surface area contributed by atoms with Crippen LogP contribution in [0.4, 0.5) is 0 Å². The van der Waals surface area contributed by atoms with Gasteiger partial charge in [-0.2, -0.15) is 0 Å². The first-order chi connectivity index (χ1) is 9.61. The summed E-state index contributed by atoms with van der Waals surface area (Å²) in [5.41, 5.74) is 7.74. The van der Waals surface area contributed by atoms with Gasteiger partial charge < -0.3 is 15.5 Å². The van der Waals surface area contributed by atoms with Gasteiger partial charge in [0.15, 0.2) is 0 Å². The number of carbonyl (C=O) groups excluding carboxylic acids is 1. The number of nitrogens with zero attached hydrogens (tertiary/aromatic N) is 3. The first kappa shape index (κ1) is 14.9. The molecular formula is C15H24N4O. The van der Waals surface area contributed by atoms with Gasteiger partial charge in [0.2, 0.25) is 5.91 Å². The molecule has 5 nitrogen and oxygen atoms in total. The van der Waals surface area contributed by atoms with E-state index in [0.717, 1.165) is 31.6 Å². The molecule has 1 fully saturated rings. The first-order valence-electron chi connectivity index (χ1n) is 7.21. The Morgan fingerprint density at radius 3 is 3.05 bits per heavy atom. The average molecular weight is 276 g/mol. The molecule has 1 amide bonds.